The molecule has 0 heterocycles. The van der Waals surface area contributed by atoms with Gasteiger partial charge in [0.05, 0.1) is 0 Å². The number of hydrogen-bond donors (Lipinski definition) is 1. The molecular weight excluding hydrogens is 184 g/mol. The number of ketones is 1. The first-order valence-electron chi connectivity index (χ1n) is 3.79. The summed E-state index contributed by atoms with van der Waals surface area (Å²) in [6.07, 6.45) is 1.76. The zero-order chi connectivity index (χ0) is 10.5. The van der Waals surface area contributed by atoms with Gasteiger partial charge in [0.2, 0.25) is 5.78 Å². The second kappa shape index (κ2) is 4.63. The maximum atomic E-state index is 10.9. The topological polar surface area (TPSA) is 54.4 Å². The molecule has 1 N–H and O–H groups in total. The first-order chi connectivity index (χ1) is 5.81. The van der Waals surface area contributed by atoms with Gasteiger partial charge in [-0.1, -0.05) is 19.6 Å². The minimum absolute atomic E-state index is 0.454. The quantitative estimate of drug-likeness (QED) is 0.408. The predicted octanol–water partition coefficient (Wildman–Crippen LogP) is 1.08. The predicted molar refractivity (Wildman–Crippen MR) is 52.9 cm³/mol. The van der Waals surface area contributed by atoms with Crippen molar-refractivity contribution in [2.75, 3.05) is 0 Å². The third-order valence-corrected chi connectivity index (χ3v) is 1.81. The zero-order valence-electron chi connectivity index (χ0n) is 7.92. The molecule has 0 unspecified atom stereocenters. The average Bonchev–Trinajstić information content (AvgIpc) is 1.95. The normalized spacial score (nSPS) is 10.7. The average molecular weight is 196 g/mol. The van der Waals surface area contributed by atoms with Crippen molar-refractivity contribution in [3.8, 4) is 11.5 Å². The van der Waals surface area contributed by atoms with Gasteiger partial charge in [-0.05, 0) is 5.92 Å². The van der Waals surface area contributed by atoms with Crippen LogP contribution in [-0.2, 0) is 9.59 Å². The van der Waals surface area contributed by atoms with E-state index in [9.17, 15) is 9.59 Å². The van der Waals surface area contributed by atoms with Crippen LogP contribution in [0.25, 0.3) is 0 Å². The van der Waals surface area contributed by atoms with E-state index in [1.807, 2.05) is 19.6 Å². The van der Waals surface area contributed by atoms with Gasteiger partial charge >= 0.3 is 5.97 Å². The van der Waals surface area contributed by atoms with E-state index in [1.165, 1.54) is 0 Å². The van der Waals surface area contributed by atoms with Crippen LogP contribution in [0.1, 0.15) is 0 Å². The highest BCUT2D eigenvalue weighted by atomic mass is 28.3. The van der Waals surface area contributed by atoms with Crippen LogP contribution in [-0.4, -0.2) is 24.9 Å². The molecule has 0 aromatic heterocycles. The lowest BCUT2D eigenvalue weighted by Crippen LogP contribution is -2.16. The van der Waals surface area contributed by atoms with Gasteiger partial charge in [0.15, 0.2) is 0 Å². The van der Waals surface area contributed by atoms with Crippen LogP contribution in [0.5, 0.6) is 0 Å². The molecule has 0 aromatic rings. The summed E-state index contributed by atoms with van der Waals surface area (Å²) in [4.78, 5) is 20.9. The molecule has 0 aromatic carbocycles. The Labute approximate surface area is 78.5 Å². The van der Waals surface area contributed by atoms with Crippen LogP contribution >= 0.6 is 0 Å². The molecular formula is C9H12O3Si. The number of hydrogen-bond acceptors (Lipinski definition) is 2. The van der Waals surface area contributed by atoms with Crippen molar-refractivity contribution < 1.29 is 14.7 Å². The Hall–Kier alpha value is -1.34. The van der Waals surface area contributed by atoms with Crippen molar-refractivity contribution in [2.45, 2.75) is 19.6 Å². The molecule has 0 atom stereocenters. The monoisotopic (exact) mass is 196 g/mol. The fraction of sp³-hybridized carbons (Fsp3) is 0.333. The maximum Gasteiger partial charge on any atom is 0.328 e. The van der Waals surface area contributed by atoms with Crippen LogP contribution < -0.4 is 0 Å². The van der Waals surface area contributed by atoms with E-state index in [0.717, 1.165) is 12.2 Å². The van der Waals surface area contributed by atoms with Gasteiger partial charge in [-0.3, -0.25) is 4.79 Å². The number of carboxylic acids is 1. The Morgan fingerprint density at radius 3 is 2.15 bits per heavy atom. The van der Waals surface area contributed by atoms with Crippen LogP contribution in [0.4, 0.5) is 0 Å². The molecule has 0 bridgehead atoms. The molecule has 0 radical (unpaired) electrons. The van der Waals surface area contributed by atoms with Gasteiger partial charge in [0.1, 0.15) is 8.07 Å². The summed E-state index contributed by atoms with van der Waals surface area (Å²) in [5, 5.41) is 8.21. The summed E-state index contributed by atoms with van der Waals surface area (Å²) in [5.41, 5.74) is 2.84. The number of allylic oxidation sites excluding steroid dienone is 1. The number of carbonyl (C=O) groups excluding carboxylic acids is 1. The van der Waals surface area contributed by atoms with Crippen LogP contribution in [0.15, 0.2) is 12.2 Å². The Bertz CT molecular complexity index is 299. The van der Waals surface area contributed by atoms with Gasteiger partial charge in [-0.2, -0.15) is 0 Å². The van der Waals surface area contributed by atoms with E-state index in [2.05, 4.69) is 11.5 Å². The third kappa shape index (κ3) is 8.56. The number of aliphatic carboxylic acids is 1. The molecule has 70 valence electrons. The van der Waals surface area contributed by atoms with Crippen molar-refractivity contribution in [1.82, 2.24) is 0 Å². The smallest absolute Gasteiger partial charge is 0.328 e. The van der Waals surface area contributed by atoms with E-state index in [4.69, 9.17) is 5.11 Å². The maximum absolute atomic E-state index is 10.9. The molecule has 0 amide bonds. The highest BCUT2D eigenvalue weighted by molar-refractivity contribution is 6.84. The molecule has 0 saturated carbocycles. The lowest BCUT2D eigenvalue weighted by molar-refractivity contribution is -0.131. The fourth-order valence-electron chi connectivity index (χ4n) is 0.438. The lowest BCUT2D eigenvalue weighted by Gasteiger charge is -2.02. The molecule has 0 saturated heterocycles. The van der Waals surface area contributed by atoms with Gasteiger partial charge in [-0.15, -0.1) is 5.54 Å². The number of carbonyl (C=O) groups is 2. The molecule has 3 nitrogen and oxygen atoms in total. The number of rotatable bonds is 2. The second-order valence-electron chi connectivity index (χ2n) is 3.54. The summed E-state index contributed by atoms with van der Waals surface area (Å²) in [6.45, 7) is 6.02. The molecule has 0 aliphatic rings. The summed E-state index contributed by atoms with van der Waals surface area (Å²) in [6, 6.07) is 0. The van der Waals surface area contributed by atoms with Gasteiger partial charge in [0, 0.05) is 12.2 Å². The van der Waals surface area contributed by atoms with Crippen LogP contribution in [0.3, 0.4) is 0 Å². The van der Waals surface area contributed by atoms with Crippen molar-refractivity contribution in [3.05, 3.63) is 12.2 Å². The second-order valence-corrected chi connectivity index (χ2v) is 8.29. The summed E-state index contributed by atoms with van der Waals surface area (Å²) < 4.78 is 0. The van der Waals surface area contributed by atoms with E-state index < -0.39 is 19.8 Å². The minimum Gasteiger partial charge on any atom is -0.478 e. The number of carboxylic acid groups (broad SMARTS) is 1. The van der Waals surface area contributed by atoms with Crippen molar-refractivity contribution in [1.29, 1.82) is 0 Å². The first kappa shape index (κ1) is 11.7. The summed E-state index contributed by atoms with van der Waals surface area (Å²) in [7, 11) is -1.54. The molecule has 0 aliphatic carbocycles. The molecule has 13 heavy (non-hydrogen) atoms. The first-order valence-corrected chi connectivity index (χ1v) is 7.29. The standard InChI is InChI=1S/C9H12O3Si/c1-13(2,3)7-6-8(10)4-5-9(11)12/h4-5H,1-3H3,(H,11,12)/b5-4-. The Morgan fingerprint density at radius 1 is 1.23 bits per heavy atom. The molecule has 0 aliphatic heterocycles. The van der Waals surface area contributed by atoms with Crippen molar-refractivity contribution >= 4 is 19.8 Å². The van der Waals surface area contributed by atoms with Crippen LogP contribution in [0, 0.1) is 11.5 Å². The summed E-state index contributed by atoms with van der Waals surface area (Å²) in [5.74, 6) is 0.811. The zero-order valence-corrected chi connectivity index (χ0v) is 8.92. The van der Waals surface area contributed by atoms with E-state index >= 15 is 0 Å². The Balaban J connectivity index is 4.30. The molecule has 0 spiro atoms. The van der Waals surface area contributed by atoms with Gasteiger partial charge in [-0.25, -0.2) is 4.79 Å². The molecule has 0 fully saturated rings. The lowest BCUT2D eigenvalue weighted by atomic mass is 10.4. The third-order valence-electron chi connectivity index (χ3n) is 0.938. The van der Waals surface area contributed by atoms with Crippen molar-refractivity contribution in [3.63, 3.8) is 0 Å². The fourth-order valence-corrected chi connectivity index (χ4v) is 0.936. The van der Waals surface area contributed by atoms with Gasteiger partial charge < -0.3 is 5.11 Å². The van der Waals surface area contributed by atoms with Crippen LogP contribution in [0.2, 0.25) is 19.6 Å². The van der Waals surface area contributed by atoms with E-state index in [-0.39, 0.29) is 0 Å². The minimum atomic E-state index is -1.54. The highest BCUT2D eigenvalue weighted by Crippen LogP contribution is 1.95. The Kier molecular flexibility index (Phi) is 4.15. The SMILES string of the molecule is C[Si](C)(C)C#CC(=O)/C=C\C(=O)O. The highest BCUT2D eigenvalue weighted by Gasteiger charge is 2.07. The summed E-state index contributed by atoms with van der Waals surface area (Å²) >= 11 is 0. The molecule has 0 rings (SSSR count). The van der Waals surface area contributed by atoms with E-state index in [0.29, 0.717) is 0 Å². The molecule has 4 heteroatoms. The van der Waals surface area contributed by atoms with Gasteiger partial charge in [0.25, 0.3) is 0 Å². The van der Waals surface area contributed by atoms with E-state index in [1.54, 1.807) is 0 Å². The Morgan fingerprint density at radius 2 is 1.77 bits per heavy atom. The largest absolute Gasteiger partial charge is 0.478 e. The van der Waals surface area contributed by atoms with Crippen molar-refractivity contribution in [2.24, 2.45) is 0 Å².